The third-order valence-electron chi connectivity index (χ3n) is 3.91. The first-order chi connectivity index (χ1) is 9.88. The van der Waals surface area contributed by atoms with E-state index in [1.54, 1.807) is 5.57 Å². The third kappa shape index (κ3) is 8.43. The summed E-state index contributed by atoms with van der Waals surface area (Å²) in [4.78, 5) is 0. The highest BCUT2D eigenvalue weighted by Gasteiger charge is 2.26. The van der Waals surface area contributed by atoms with Gasteiger partial charge in [0.1, 0.15) is 0 Å². The molecule has 1 atom stereocenters. The van der Waals surface area contributed by atoms with E-state index >= 15 is 0 Å². The van der Waals surface area contributed by atoms with Gasteiger partial charge < -0.3 is 9.47 Å². The van der Waals surface area contributed by atoms with Crippen LogP contribution in [0.5, 0.6) is 0 Å². The second-order valence-electron chi connectivity index (χ2n) is 6.23. The van der Waals surface area contributed by atoms with Crippen LogP contribution in [-0.4, -0.2) is 25.9 Å². The highest BCUT2D eigenvalue weighted by molar-refractivity contribution is 5.32. The molecule has 124 valence electrons. The number of ether oxygens (including phenoxy) is 2. The Balaban J connectivity index is 0.000000690. The van der Waals surface area contributed by atoms with Crippen LogP contribution in [0.2, 0.25) is 0 Å². The van der Waals surface area contributed by atoms with Crippen LogP contribution in [0.1, 0.15) is 67.7 Å². The third-order valence-corrected chi connectivity index (χ3v) is 3.91. The molecule has 0 aromatic carbocycles. The minimum atomic E-state index is 0.225. The Labute approximate surface area is 132 Å². The molecule has 0 aromatic heterocycles. The van der Waals surface area contributed by atoms with Crippen LogP contribution < -0.4 is 0 Å². The van der Waals surface area contributed by atoms with Crippen LogP contribution in [-0.2, 0) is 9.47 Å². The molecule has 0 saturated carbocycles. The molecule has 1 aliphatic carbocycles. The molecule has 0 aliphatic heterocycles. The zero-order valence-corrected chi connectivity index (χ0v) is 15.3. The zero-order valence-electron chi connectivity index (χ0n) is 15.3. The average molecular weight is 296 g/mol. The Hall–Kier alpha value is -0.600. The van der Waals surface area contributed by atoms with Crippen molar-refractivity contribution in [2.24, 2.45) is 5.41 Å². The van der Waals surface area contributed by atoms with Gasteiger partial charge in [-0.05, 0) is 64.9 Å². The van der Waals surface area contributed by atoms with E-state index in [0.717, 1.165) is 19.8 Å². The first-order valence-electron chi connectivity index (χ1n) is 8.46. The van der Waals surface area contributed by atoms with Gasteiger partial charge in [0.2, 0.25) is 0 Å². The van der Waals surface area contributed by atoms with Gasteiger partial charge in [0.25, 0.3) is 0 Å². The number of hydrogen-bond donors (Lipinski definition) is 0. The molecule has 1 unspecified atom stereocenters. The first kappa shape index (κ1) is 20.4. The van der Waals surface area contributed by atoms with Crippen molar-refractivity contribution in [2.75, 3.05) is 19.8 Å². The van der Waals surface area contributed by atoms with E-state index < -0.39 is 0 Å². The van der Waals surface area contributed by atoms with E-state index in [1.165, 1.54) is 24.8 Å². The van der Waals surface area contributed by atoms with Gasteiger partial charge in [-0.3, -0.25) is 0 Å². The molecule has 0 saturated heterocycles. The smallest absolute Gasteiger partial charge is 0.0730 e. The molecule has 1 rings (SSSR count). The van der Waals surface area contributed by atoms with Crippen LogP contribution in [0, 0.1) is 5.41 Å². The first-order valence-corrected chi connectivity index (χ1v) is 8.46. The molecule has 0 bridgehead atoms. The summed E-state index contributed by atoms with van der Waals surface area (Å²) in [5.74, 6) is 0. The fraction of sp³-hybridized carbons (Fsp3) is 0.789. The Bertz CT molecular complexity index is 324. The highest BCUT2D eigenvalue weighted by Crippen LogP contribution is 2.40. The van der Waals surface area contributed by atoms with Crippen molar-refractivity contribution in [1.82, 2.24) is 0 Å². The normalized spacial score (nSPS) is 19.4. The lowest BCUT2D eigenvalue weighted by molar-refractivity contribution is 0.109. The maximum absolute atomic E-state index is 5.53. The van der Waals surface area contributed by atoms with Gasteiger partial charge >= 0.3 is 0 Å². The number of hydrogen-bond acceptors (Lipinski definition) is 2. The van der Waals surface area contributed by atoms with Gasteiger partial charge in [-0.1, -0.05) is 31.6 Å². The number of rotatable bonds is 6. The van der Waals surface area contributed by atoms with Crippen molar-refractivity contribution < 1.29 is 9.47 Å². The van der Waals surface area contributed by atoms with Crippen LogP contribution in [0.3, 0.4) is 0 Å². The molecule has 0 fully saturated rings. The molecular weight excluding hydrogens is 260 g/mol. The summed E-state index contributed by atoms with van der Waals surface area (Å²) in [5.41, 5.74) is 3.41. The summed E-state index contributed by atoms with van der Waals surface area (Å²) in [7, 11) is 0. The standard InChI is InChI=1S/C15H26O.C4H10O/c1-6-16-13(3)9-10-14-12(2)8-7-11-15(14,4)5;1-3-5-4-2/h9-10,13H,6-8,11H2,1-5H3;3-4H2,1-2H3/b10-9+;. The molecule has 1 aliphatic rings. The lowest BCUT2D eigenvalue weighted by Gasteiger charge is -2.33. The van der Waals surface area contributed by atoms with Gasteiger partial charge in [-0.2, -0.15) is 0 Å². The summed E-state index contributed by atoms with van der Waals surface area (Å²) < 4.78 is 10.4. The maximum atomic E-state index is 5.53. The monoisotopic (exact) mass is 296 g/mol. The zero-order chi connectivity index (χ0) is 16.3. The van der Waals surface area contributed by atoms with Gasteiger partial charge in [0, 0.05) is 19.8 Å². The molecular formula is C19H36O2. The molecule has 0 amide bonds. The largest absolute Gasteiger partial charge is 0.382 e. The molecule has 0 spiro atoms. The average Bonchev–Trinajstić information content (AvgIpc) is 2.39. The van der Waals surface area contributed by atoms with Crippen molar-refractivity contribution in [1.29, 1.82) is 0 Å². The summed E-state index contributed by atoms with van der Waals surface area (Å²) in [6.45, 7) is 17.6. The SMILES string of the molecule is CCOC(C)/C=C/C1=C(C)CCCC1(C)C.CCOCC. The van der Waals surface area contributed by atoms with E-state index in [1.807, 2.05) is 20.8 Å². The molecule has 2 nitrogen and oxygen atoms in total. The number of allylic oxidation sites excluding steroid dienone is 3. The van der Waals surface area contributed by atoms with Gasteiger partial charge in [0.05, 0.1) is 6.10 Å². The van der Waals surface area contributed by atoms with Crippen LogP contribution in [0.25, 0.3) is 0 Å². The van der Waals surface area contributed by atoms with E-state index in [2.05, 4.69) is 39.8 Å². The molecule has 21 heavy (non-hydrogen) atoms. The topological polar surface area (TPSA) is 18.5 Å². The minimum Gasteiger partial charge on any atom is -0.382 e. The van der Waals surface area contributed by atoms with Gasteiger partial charge in [-0.25, -0.2) is 0 Å². The summed E-state index contributed by atoms with van der Waals surface area (Å²) in [5, 5.41) is 0. The summed E-state index contributed by atoms with van der Waals surface area (Å²) >= 11 is 0. The quantitative estimate of drug-likeness (QED) is 0.641. The lowest BCUT2D eigenvalue weighted by atomic mass is 9.72. The predicted octanol–water partition coefficient (Wildman–Crippen LogP) is 5.54. The van der Waals surface area contributed by atoms with Gasteiger partial charge in [-0.15, -0.1) is 0 Å². The van der Waals surface area contributed by atoms with Crippen molar-refractivity contribution in [3.05, 3.63) is 23.3 Å². The Morgan fingerprint density at radius 1 is 1.14 bits per heavy atom. The fourth-order valence-electron chi connectivity index (χ4n) is 2.76. The predicted molar refractivity (Wildman–Crippen MR) is 92.7 cm³/mol. The Morgan fingerprint density at radius 2 is 1.76 bits per heavy atom. The second kappa shape index (κ2) is 11.0. The van der Waals surface area contributed by atoms with Crippen molar-refractivity contribution in [3.63, 3.8) is 0 Å². The summed E-state index contributed by atoms with van der Waals surface area (Å²) in [6.07, 6.45) is 8.59. The molecule has 2 heteroatoms. The highest BCUT2D eigenvalue weighted by atomic mass is 16.5. The Kier molecular flexibility index (Phi) is 10.7. The van der Waals surface area contributed by atoms with Crippen molar-refractivity contribution in [3.8, 4) is 0 Å². The van der Waals surface area contributed by atoms with E-state index in [-0.39, 0.29) is 6.10 Å². The molecule has 0 N–H and O–H groups in total. The maximum Gasteiger partial charge on any atom is 0.0730 e. The summed E-state index contributed by atoms with van der Waals surface area (Å²) in [6, 6.07) is 0. The van der Waals surface area contributed by atoms with Crippen molar-refractivity contribution >= 4 is 0 Å². The van der Waals surface area contributed by atoms with E-state index in [4.69, 9.17) is 9.47 Å². The van der Waals surface area contributed by atoms with Crippen LogP contribution in [0.4, 0.5) is 0 Å². The van der Waals surface area contributed by atoms with Crippen LogP contribution in [0.15, 0.2) is 23.3 Å². The van der Waals surface area contributed by atoms with E-state index in [0.29, 0.717) is 5.41 Å². The van der Waals surface area contributed by atoms with Crippen LogP contribution >= 0.6 is 0 Å². The molecule has 0 aromatic rings. The lowest BCUT2D eigenvalue weighted by Crippen LogP contribution is -2.19. The van der Waals surface area contributed by atoms with E-state index in [9.17, 15) is 0 Å². The minimum absolute atomic E-state index is 0.225. The molecule has 0 heterocycles. The molecule has 0 radical (unpaired) electrons. The fourth-order valence-corrected chi connectivity index (χ4v) is 2.76. The second-order valence-corrected chi connectivity index (χ2v) is 6.23. The van der Waals surface area contributed by atoms with Crippen molar-refractivity contribution in [2.45, 2.75) is 73.8 Å². The Morgan fingerprint density at radius 3 is 2.19 bits per heavy atom. The van der Waals surface area contributed by atoms with Gasteiger partial charge in [0.15, 0.2) is 0 Å².